The molecule has 1 aromatic carbocycles. The van der Waals surface area contributed by atoms with Crippen molar-refractivity contribution in [1.82, 2.24) is 0 Å². The molecule has 0 N–H and O–H groups in total. The van der Waals surface area contributed by atoms with Crippen molar-refractivity contribution in [2.45, 2.75) is 27.7 Å². The maximum absolute atomic E-state index is 3.61. The van der Waals surface area contributed by atoms with E-state index in [9.17, 15) is 0 Å². The van der Waals surface area contributed by atoms with E-state index in [1.165, 1.54) is 39.1 Å². The number of fused-ring (bicyclic) bond motifs is 1. The molecule has 0 aromatic heterocycles. The number of rotatable bonds is 4. The Hall–Kier alpha value is -2.63. The van der Waals surface area contributed by atoms with Crippen LogP contribution in [-0.4, -0.2) is 14.1 Å². The maximum atomic E-state index is 3.61. The summed E-state index contributed by atoms with van der Waals surface area (Å²) >= 11 is 0. The molecule has 2 aliphatic rings. The highest BCUT2D eigenvalue weighted by molar-refractivity contribution is 5.61. The van der Waals surface area contributed by atoms with Crippen molar-refractivity contribution < 1.29 is 0 Å². The summed E-state index contributed by atoms with van der Waals surface area (Å²) < 4.78 is 0. The molecule has 1 heteroatoms. The molecule has 1 aromatic rings. The zero-order valence-corrected chi connectivity index (χ0v) is 17.4. The highest BCUT2D eigenvalue weighted by Crippen LogP contribution is 2.41. The number of benzene rings is 1. The molecule has 1 nitrogen and oxygen atoms in total. The predicted octanol–water partition coefficient (Wildman–Crippen LogP) is 6.54. The van der Waals surface area contributed by atoms with E-state index in [2.05, 4.69) is 113 Å². The lowest BCUT2D eigenvalue weighted by Gasteiger charge is -2.11. The van der Waals surface area contributed by atoms with Crippen LogP contribution in [0.15, 0.2) is 82.5 Å². The van der Waals surface area contributed by atoms with E-state index >= 15 is 0 Å². The first-order valence-corrected chi connectivity index (χ1v) is 9.74. The van der Waals surface area contributed by atoms with Gasteiger partial charge in [0.1, 0.15) is 0 Å². The lowest BCUT2D eigenvalue weighted by atomic mass is 9.90. The minimum absolute atomic E-state index is 0.358. The number of nitrogens with zero attached hydrogens (tertiary/aromatic N) is 1. The third-order valence-corrected chi connectivity index (χ3v) is 5.34. The van der Waals surface area contributed by atoms with Gasteiger partial charge in [0.05, 0.1) is 23.1 Å². The average molecular weight is 357 g/mol. The lowest BCUT2D eigenvalue weighted by molar-refractivity contribution is 0.775. The Bertz CT molecular complexity index is 881. The van der Waals surface area contributed by atoms with Crippen LogP contribution in [0.5, 0.6) is 0 Å². The molecule has 138 valence electrons. The first-order chi connectivity index (χ1) is 12.9. The lowest BCUT2D eigenvalue weighted by Crippen LogP contribution is -2.07. The zero-order chi connectivity index (χ0) is 19.6. The molecule has 27 heavy (non-hydrogen) atoms. The van der Waals surface area contributed by atoms with Gasteiger partial charge in [-0.05, 0) is 61.3 Å². The molecule has 0 saturated carbocycles. The summed E-state index contributed by atoms with van der Waals surface area (Å²) in [5.41, 5.74) is 9.09. The number of hydrogen-bond donors (Lipinski definition) is 0. The second-order valence-electron chi connectivity index (χ2n) is 7.96. The summed E-state index contributed by atoms with van der Waals surface area (Å²) in [4.78, 5) is 2.12. The van der Waals surface area contributed by atoms with Gasteiger partial charge in [-0.1, -0.05) is 38.1 Å². The van der Waals surface area contributed by atoms with E-state index in [0.717, 1.165) is 0 Å². The van der Waals surface area contributed by atoms with E-state index in [4.69, 9.17) is 0 Å². The normalized spacial score (nSPS) is 20.7. The van der Waals surface area contributed by atoms with Gasteiger partial charge in [-0.3, -0.25) is 0 Å². The molecule has 2 aliphatic carbocycles. The molecule has 0 saturated heterocycles. The van der Waals surface area contributed by atoms with Crippen LogP contribution in [0.1, 0.15) is 33.3 Å². The van der Waals surface area contributed by atoms with Crippen LogP contribution in [0.4, 0.5) is 5.69 Å². The minimum atomic E-state index is 0.358. The highest BCUT2D eigenvalue weighted by atomic mass is 15.1. The molecule has 3 rings (SSSR count). The second kappa shape index (κ2) is 7.94. The number of allylic oxidation sites excluding steroid dienone is 11. The molecule has 1 unspecified atom stereocenters. The van der Waals surface area contributed by atoms with Gasteiger partial charge in [-0.15, -0.1) is 0 Å². The van der Waals surface area contributed by atoms with Crippen LogP contribution >= 0.6 is 0 Å². The van der Waals surface area contributed by atoms with E-state index in [1.54, 1.807) is 0 Å². The average Bonchev–Trinajstić information content (AvgIpc) is 2.82. The summed E-state index contributed by atoms with van der Waals surface area (Å²) in [5.74, 6) is 0.899. The summed E-state index contributed by atoms with van der Waals surface area (Å²) in [5, 5.41) is 0. The van der Waals surface area contributed by atoms with Crippen LogP contribution < -0.4 is 4.90 Å². The van der Waals surface area contributed by atoms with Crippen LogP contribution in [0.25, 0.3) is 6.08 Å². The van der Waals surface area contributed by atoms with Crippen molar-refractivity contribution in [2.75, 3.05) is 19.0 Å². The van der Waals surface area contributed by atoms with E-state index in [1.807, 2.05) is 0 Å². The van der Waals surface area contributed by atoms with Gasteiger partial charge in [0.2, 0.25) is 0 Å². The van der Waals surface area contributed by atoms with Gasteiger partial charge in [-0.2, -0.15) is 0 Å². The van der Waals surface area contributed by atoms with Crippen molar-refractivity contribution in [3.63, 3.8) is 0 Å². The smallest absolute Gasteiger partial charge is 0.192 e. The Labute approximate surface area is 164 Å². The van der Waals surface area contributed by atoms with Crippen molar-refractivity contribution in [3.8, 4) is 0 Å². The maximum Gasteiger partial charge on any atom is 0.192 e. The van der Waals surface area contributed by atoms with Gasteiger partial charge < -0.3 is 4.90 Å². The standard InChI is InChI=1S/C26H30N/c1-18(2)22-13-10-19(3)26-23(16-20(4)25(26)17-22)9-7-8-21-11-14-24(15-12-21)27(5)6/h7-15,17-18,25H,1-6H3/q+1/b8-7+,23-9+. The molecular formula is C26H30N+. The molecule has 0 amide bonds. The fourth-order valence-corrected chi connectivity index (χ4v) is 3.62. The topological polar surface area (TPSA) is 3.24 Å². The van der Waals surface area contributed by atoms with Gasteiger partial charge in [0, 0.05) is 31.4 Å². The SMILES string of the molecule is CC1=[C+]/C(=C\C=C\c2ccc(N(C)C)cc2)C2=C(C)C=CC(C(C)C)=CC12. The van der Waals surface area contributed by atoms with Crippen LogP contribution in [0.3, 0.4) is 0 Å². The van der Waals surface area contributed by atoms with Crippen LogP contribution in [0.2, 0.25) is 0 Å². The predicted molar refractivity (Wildman–Crippen MR) is 119 cm³/mol. The van der Waals surface area contributed by atoms with Gasteiger partial charge in [0.25, 0.3) is 0 Å². The largest absolute Gasteiger partial charge is 0.378 e. The van der Waals surface area contributed by atoms with Crippen LogP contribution in [-0.2, 0) is 0 Å². The monoisotopic (exact) mass is 356 g/mol. The molecule has 0 fully saturated rings. The minimum Gasteiger partial charge on any atom is -0.378 e. The van der Waals surface area contributed by atoms with Crippen molar-refractivity contribution in [2.24, 2.45) is 11.8 Å². The van der Waals surface area contributed by atoms with E-state index in [-0.39, 0.29) is 0 Å². The molecule has 1 atom stereocenters. The van der Waals surface area contributed by atoms with Crippen molar-refractivity contribution >= 4 is 11.8 Å². The quantitative estimate of drug-likeness (QED) is 0.554. The molecule has 0 radical (unpaired) electrons. The third-order valence-electron chi connectivity index (χ3n) is 5.34. The number of anilines is 1. The fourth-order valence-electron chi connectivity index (χ4n) is 3.62. The summed E-state index contributed by atoms with van der Waals surface area (Å²) in [7, 11) is 4.12. The zero-order valence-electron chi connectivity index (χ0n) is 17.4. The molecule has 0 aliphatic heterocycles. The summed E-state index contributed by atoms with van der Waals surface area (Å²) in [6.45, 7) is 8.93. The van der Waals surface area contributed by atoms with Crippen molar-refractivity contribution in [3.05, 3.63) is 94.2 Å². The van der Waals surface area contributed by atoms with E-state index < -0.39 is 0 Å². The molecule has 0 spiro atoms. The summed E-state index contributed by atoms with van der Waals surface area (Å²) in [6, 6.07) is 8.61. The highest BCUT2D eigenvalue weighted by Gasteiger charge is 2.35. The Morgan fingerprint density at radius 1 is 1.04 bits per heavy atom. The first kappa shape index (κ1) is 19.1. The Kier molecular flexibility index (Phi) is 5.63. The molecular weight excluding hydrogens is 326 g/mol. The van der Waals surface area contributed by atoms with Gasteiger partial charge in [0.15, 0.2) is 5.57 Å². The first-order valence-electron chi connectivity index (χ1n) is 9.74. The van der Waals surface area contributed by atoms with Gasteiger partial charge in [-0.25, -0.2) is 0 Å². The number of hydrogen-bond acceptors (Lipinski definition) is 1. The molecule has 0 heterocycles. The Balaban J connectivity index is 1.86. The summed E-state index contributed by atoms with van der Waals surface area (Å²) in [6.07, 6.45) is 17.1. The van der Waals surface area contributed by atoms with Gasteiger partial charge >= 0.3 is 0 Å². The third kappa shape index (κ3) is 4.21. The van der Waals surface area contributed by atoms with Crippen LogP contribution in [0, 0.1) is 17.9 Å². The molecule has 0 bridgehead atoms. The second-order valence-corrected chi connectivity index (χ2v) is 7.96. The van der Waals surface area contributed by atoms with E-state index in [0.29, 0.717) is 11.8 Å². The van der Waals surface area contributed by atoms with Crippen molar-refractivity contribution in [1.29, 1.82) is 0 Å². The Morgan fingerprint density at radius 3 is 2.37 bits per heavy atom. The Morgan fingerprint density at radius 2 is 1.74 bits per heavy atom. The fraction of sp³-hybridized carbons (Fsp3) is 0.308.